The van der Waals surface area contributed by atoms with Crippen LogP contribution in [0.15, 0.2) is 36.4 Å². The number of hydrogen-bond acceptors (Lipinski definition) is 4. The summed E-state index contributed by atoms with van der Waals surface area (Å²) in [5.74, 6) is 1.64. The Kier molecular flexibility index (Phi) is 6.04. The van der Waals surface area contributed by atoms with Crippen LogP contribution >= 0.6 is 11.6 Å². The molecule has 5 rings (SSSR count). The van der Waals surface area contributed by atoms with Crippen LogP contribution in [0.3, 0.4) is 0 Å². The molecule has 2 aromatic carbocycles. The molecule has 3 fully saturated rings. The van der Waals surface area contributed by atoms with Gasteiger partial charge < -0.3 is 19.7 Å². The number of rotatable bonds is 7. The van der Waals surface area contributed by atoms with E-state index in [-0.39, 0.29) is 5.82 Å². The highest BCUT2D eigenvalue weighted by atomic mass is 35.5. The molecule has 0 aromatic heterocycles. The lowest BCUT2D eigenvalue weighted by Crippen LogP contribution is -2.55. The molecule has 150 valence electrons. The lowest BCUT2D eigenvalue weighted by Gasteiger charge is -2.45. The minimum absolute atomic E-state index is 0.265. The van der Waals surface area contributed by atoms with Crippen molar-refractivity contribution in [1.29, 1.82) is 0 Å². The summed E-state index contributed by atoms with van der Waals surface area (Å²) in [4.78, 5) is 2.54. The van der Waals surface area contributed by atoms with Crippen molar-refractivity contribution >= 4 is 11.6 Å². The summed E-state index contributed by atoms with van der Waals surface area (Å²) in [5.41, 5.74) is 1.94. The first-order chi connectivity index (χ1) is 13.6. The molecular formula is C22H26ClFN2O2. The van der Waals surface area contributed by atoms with Crippen molar-refractivity contribution in [3.8, 4) is 11.5 Å². The average Bonchev–Trinajstić information content (AvgIpc) is 2.73. The first-order valence-electron chi connectivity index (χ1n) is 9.82. The first-order valence-corrected chi connectivity index (χ1v) is 10.2. The molecule has 2 bridgehead atoms. The van der Waals surface area contributed by atoms with Gasteiger partial charge >= 0.3 is 0 Å². The topological polar surface area (TPSA) is 33.7 Å². The normalized spacial score (nSPS) is 23.6. The van der Waals surface area contributed by atoms with Crippen LogP contribution in [0.4, 0.5) is 4.39 Å². The third-order valence-electron chi connectivity index (χ3n) is 5.81. The van der Waals surface area contributed by atoms with E-state index in [1.165, 1.54) is 38.1 Å². The van der Waals surface area contributed by atoms with Crippen molar-refractivity contribution in [2.24, 2.45) is 5.92 Å². The molecular weight excluding hydrogens is 379 g/mol. The van der Waals surface area contributed by atoms with Crippen LogP contribution in [0.1, 0.15) is 24.0 Å². The van der Waals surface area contributed by atoms with E-state index in [1.807, 2.05) is 12.1 Å². The van der Waals surface area contributed by atoms with Gasteiger partial charge in [-0.3, -0.25) is 0 Å². The van der Waals surface area contributed by atoms with Crippen LogP contribution in [0.25, 0.3) is 0 Å². The fourth-order valence-corrected chi connectivity index (χ4v) is 4.48. The number of ether oxygens (including phenoxy) is 2. The van der Waals surface area contributed by atoms with E-state index in [9.17, 15) is 4.39 Å². The molecule has 0 saturated carbocycles. The monoisotopic (exact) mass is 404 g/mol. The molecule has 3 saturated heterocycles. The Morgan fingerprint density at radius 1 is 1.14 bits per heavy atom. The number of piperidine rings is 3. The van der Waals surface area contributed by atoms with Crippen molar-refractivity contribution in [2.45, 2.75) is 32.0 Å². The average molecular weight is 405 g/mol. The Morgan fingerprint density at radius 3 is 2.54 bits per heavy atom. The molecule has 4 nitrogen and oxygen atoms in total. The zero-order valence-corrected chi connectivity index (χ0v) is 16.8. The number of fused-ring (bicyclic) bond motifs is 3. The zero-order valence-electron chi connectivity index (χ0n) is 16.1. The second-order valence-electron chi connectivity index (χ2n) is 7.65. The highest BCUT2D eigenvalue weighted by Crippen LogP contribution is 2.37. The highest BCUT2D eigenvalue weighted by Gasteiger charge is 2.33. The predicted molar refractivity (Wildman–Crippen MR) is 109 cm³/mol. The van der Waals surface area contributed by atoms with Gasteiger partial charge in [-0.15, -0.1) is 0 Å². The van der Waals surface area contributed by atoms with Crippen molar-refractivity contribution in [1.82, 2.24) is 10.2 Å². The molecule has 1 atom stereocenters. The Morgan fingerprint density at radius 2 is 1.89 bits per heavy atom. The number of methoxy groups -OCH3 is 1. The largest absolute Gasteiger partial charge is 0.493 e. The van der Waals surface area contributed by atoms with Gasteiger partial charge in [0.1, 0.15) is 12.4 Å². The zero-order chi connectivity index (χ0) is 19.5. The summed E-state index contributed by atoms with van der Waals surface area (Å²) in [6.07, 6.45) is 2.58. The van der Waals surface area contributed by atoms with Gasteiger partial charge in [0.25, 0.3) is 0 Å². The number of hydrogen-bond donors (Lipinski definition) is 1. The Hall–Kier alpha value is -1.82. The van der Waals surface area contributed by atoms with Crippen molar-refractivity contribution in [3.63, 3.8) is 0 Å². The maximum atomic E-state index is 13.0. The minimum atomic E-state index is -0.265. The van der Waals surface area contributed by atoms with Gasteiger partial charge in [-0.1, -0.05) is 23.7 Å². The third kappa shape index (κ3) is 4.43. The highest BCUT2D eigenvalue weighted by molar-refractivity contribution is 6.32. The van der Waals surface area contributed by atoms with E-state index in [2.05, 4.69) is 10.2 Å². The number of halogens is 2. The van der Waals surface area contributed by atoms with Crippen molar-refractivity contribution < 1.29 is 13.9 Å². The van der Waals surface area contributed by atoms with Gasteiger partial charge in [-0.25, -0.2) is 4.39 Å². The summed E-state index contributed by atoms with van der Waals surface area (Å²) in [6.45, 7) is 4.66. The molecule has 0 amide bonds. The van der Waals surface area contributed by atoms with E-state index >= 15 is 0 Å². The molecule has 3 aliphatic rings. The molecule has 0 radical (unpaired) electrons. The molecule has 3 heterocycles. The SMILES string of the molecule is COc1cc(CNC2CN3CCC2CC3)cc(Cl)c1OCc1ccc(F)cc1. The first kappa shape index (κ1) is 19.5. The van der Waals surface area contributed by atoms with E-state index in [0.29, 0.717) is 29.2 Å². The van der Waals surface area contributed by atoms with Crippen molar-refractivity contribution in [2.75, 3.05) is 26.7 Å². The van der Waals surface area contributed by atoms with Gasteiger partial charge in [0.05, 0.1) is 12.1 Å². The van der Waals surface area contributed by atoms with Gasteiger partial charge in [-0.05, 0) is 67.2 Å². The summed E-state index contributed by atoms with van der Waals surface area (Å²) >= 11 is 6.49. The Labute approximate surface area is 170 Å². The maximum Gasteiger partial charge on any atom is 0.180 e. The number of nitrogens with zero attached hydrogens (tertiary/aromatic N) is 1. The Balaban J connectivity index is 1.40. The second kappa shape index (κ2) is 8.68. The third-order valence-corrected chi connectivity index (χ3v) is 6.09. The minimum Gasteiger partial charge on any atom is -0.493 e. The summed E-state index contributed by atoms with van der Waals surface area (Å²) < 4.78 is 24.4. The molecule has 28 heavy (non-hydrogen) atoms. The van der Waals surface area contributed by atoms with E-state index in [0.717, 1.165) is 30.1 Å². The van der Waals surface area contributed by atoms with Crippen LogP contribution < -0.4 is 14.8 Å². The fraction of sp³-hybridized carbons (Fsp3) is 0.455. The standard InChI is InChI=1S/C22H26ClFN2O2/c1-27-21-11-16(12-25-20-13-26-8-6-17(20)7-9-26)10-19(23)22(21)28-14-15-2-4-18(24)5-3-15/h2-5,10-11,17,20,25H,6-9,12-14H2,1H3. The summed E-state index contributed by atoms with van der Waals surface area (Å²) in [6, 6.07) is 10.7. The van der Waals surface area contributed by atoms with E-state index in [4.69, 9.17) is 21.1 Å². The predicted octanol–water partition coefficient (Wildman–Crippen LogP) is 4.25. The van der Waals surface area contributed by atoms with Crippen LogP contribution in [-0.2, 0) is 13.2 Å². The molecule has 2 aromatic rings. The van der Waals surface area contributed by atoms with Crippen LogP contribution in [0.2, 0.25) is 5.02 Å². The van der Waals surface area contributed by atoms with Crippen LogP contribution in [0.5, 0.6) is 11.5 Å². The lowest BCUT2D eigenvalue weighted by molar-refractivity contribution is 0.0720. The van der Waals surface area contributed by atoms with E-state index in [1.54, 1.807) is 19.2 Å². The van der Waals surface area contributed by atoms with Crippen LogP contribution in [-0.4, -0.2) is 37.7 Å². The quantitative estimate of drug-likeness (QED) is 0.748. The van der Waals surface area contributed by atoms with Gasteiger partial charge in [0.15, 0.2) is 11.5 Å². The number of nitrogens with one attached hydrogen (secondary N) is 1. The second-order valence-corrected chi connectivity index (χ2v) is 8.06. The van der Waals surface area contributed by atoms with Crippen LogP contribution in [0, 0.1) is 11.7 Å². The smallest absolute Gasteiger partial charge is 0.180 e. The summed E-state index contributed by atoms with van der Waals surface area (Å²) in [7, 11) is 1.61. The summed E-state index contributed by atoms with van der Waals surface area (Å²) in [5, 5.41) is 4.22. The van der Waals surface area contributed by atoms with Gasteiger partial charge in [-0.2, -0.15) is 0 Å². The van der Waals surface area contributed by atoms with Gasteiger partial charge in [0.2, 0.25) is 0 Å². The fourth-order valence-electron chi connectivity index (χ4n) is 4.20. The lowest BCUT2D eigenvalue weighted by atomic mass is 9.84. The van der Waals surface area contributed by atoms with Gasteiger partial charge in [0, 0.05) is 19.1 Å². The van der Waals surface area contributed by atoms with E-state index < -0.39 is 0 Å². The van der Waals surface area contributed by atoms with Crippen molar-refractivity contribution in [3.05, 3.63) is 58.4 Å². The molecule has 1 unspecified atom stereocenters. The molecule has 0 spiro atoms. The molecule has 1 N–H and O–H groups in total. The Bertz CT molecular complexity index is 807. The molecule has 0 aliphatic carbocycles. The number of benzene rings is 2. The molecule has 3 aliphatic heterocycles. The molecule has 6 heteroatoms. The maximum absolute atomic E-state index is 13.0.